The molecule has 0 radical (unpaired) electrons. The first-order valence-corrected chi connectivity index (χ1v) is 6.88. The highest BCUT2D eigenvalue weighted by atomic mass is 31.1. The minimum atomic E-state index is 0.622. The van der Waals surface area contributed by atoms with Gasteiger partial charge < -0.3 is 0 Å². The molecule has 0 amide bonds. The molecule has 3 atom stereocenters. The summed E-state index contributed by atoms with van der Waals surface area (Å²) in [5.41, 5.74) is 0. The van der Waals surface area contributed by atoms with E-state index < -0.39 is 0 Å². The minimum Gasteiger partial charge on any atom is -0.289 e. The predicted octanol–water partition coefficient (Wildman–Crippen LogP) is 3.29. The fourth-order valence-electron chi connectivity index (χ4n) is 2.86. The second kappa shape index (κ2) is 4.28. The molecule has 3 heterocycles. The van der Waals surface area contributed by atoms with Crippen LogP contribution in [0.2, 0.25) is 0 Å². The first-order valence-electron chi connectivity index (χ1n) is 5.67. The summed E-state index contributed by atoms with van der Waals surface area (Å²) >= 11 is 0. The lowest BCUT2D eigenvalue weighted by molar-refractivity contribution is -0.0383. The molecule has 0 aromatic carbocycles. The third-order valence-electron chi connectivity index (χ3n) is 3.14. The second-order valence-electron chi connectivity index (χ2n) is 4.35. The monoisotopic (exact) mass is 201 g/mol. The van der Waals surface area contributed by atoms with Gasteiger partial charge in [-0.05, 0) is 39.8 Å². The van der Waals surface area contributed by atoms with Gasteiger partial charge >= 0.3 is 0 Å². The molecule has 3 unspecified atom stereocenters. The van der Waals surface area contributed by atoms with E-state index in [2.05, 4.69) is 25.7 Å². The zero-order chi connectivity index (χ0) is 10.1. The molecule has 0 aromatic heterocycles. The lowest BCUT2D eigenvalue weighted by Crippen LogP contribution is -2.66. The van der Waals surface area contributed by atoms with Crippen LogP contribution in [-0.4, -0.2) is 28.4 Å². The molecule has 3 fully saturated rings. The molecular weight excluding hydrogens is 177 g/mol. The van der Waals surface area contributed by atoms with Gasteiger partial charge in [0.15, 0.2) is 0 Å². The van der Waals surface area contributed by atoms with Gasteiger partial charge in [-0.1, -0.05) is 13.8 Å². The summed E-state index contributed by atoms with van der Waals surface area (Å²) in [6.45, 7) is 11.1. The van der Waals surface area contributed by atoms with Crippen LogP contribution in [0.4, 0.5) is 0 Å². The standard InChI is InChI=1S/C9H18NP.C2H6/c1-7(2)10-8-4-5-11-9(10,3)6-8;1-2/h7-8,11H,4-6H2,1-3H3;1-2H3. The molecule has 3 rings (SSSR count). The Morgan fingerprint density at radius 2 is 2.00 bits per heavy atom. The van der Waals surface area contributed by atoms with Crippen LogP contribution in [0.5, 0.6) is 0 Å². The van der Waals surface area contributed by atoms with Gasteiger partial charge in [0.1, 0.15) is 0 Å². The predicted molar refractivity (Wildman–Crippen MR) is 62.9 cm³/mol. The van der Waals surface area contributed by atoms with Gasteiger partial charge in [-0.25, -0.2) is 0 Å². The summed E-state index contributed by atoms with van der Waals surface area (Å²) in [6.07, 6.45) is 4.43. The van der Waals surface area contributed by atoms with Crippen molar-refractivity contribution in [2.24, 2.45) is 0 Å². The number of nitrogens with zero attached hydrogens (tertiary/aromatic N) is 1. The van der Waals surface area contributed by atoms with Crippen molar-refractivity contribution in [3.63, 3.8) is 0 Å². The van der Waals surface area contributed by atoms with Crippen LogP contribution in [-0.2, 0) is 0 Å². The normalized spacial score (nSPS) is 39.7. The van der Waals surface area contributed by atoms with Crippen molar-refractivity contribution in [3.8, 4) is 0 Å². The van der Waals surface area contributed by atoms with Crippen LogP contribution in [0.15, 0.2) is 0 Å². The average Bonchev–Trinajstić information content (AvgIpc) is 2.06. The molecule has 3 saturated heterocycles. The van der Waals surface area contributed by atoms with E-state index in [-0.39, 0.29) is 0 Å². The highest BCUT2D eigenvalue weighted by molar-refractivity contribution is 7.40. The van der Waals surface area contributed by atoms with E-state index in [0.717, 1.165) is 12.1 Å². The summed E-state index contributed by atoms with van der Waals surface area (Å²) in [7, 11) is 1.19. The number of fused-ring (bicyclic) bond motifs is 2. The Bertz CT molecular complexity index is 165. The van der Waals surface area contributed by atoms with Crippen LogP contribution in [0.25, 0.3) is 0 Å². The van der Waals surface area contributed by atoms with Crippen LogP contribution >= 0.6 is 8.58 Å². The van der Waals surface area contributed by atoms with Crippen molar-refractivity contribution < 1.29 is 0 Å². The molecule has 0 N–H and O–H groups in total. The van der Waals surface area contributed by atoms with Gasteiger partial charge in [-0.2, -0.15) is 0 Å². The number of hydrogen-bond acceptors (Lipinski definition) is 1. The van der Waals surface area contributed by atoms with Crippen molar-refractivity contribution in [1.82, 2.24) is 4.90 Å². The molecule has 2 heteroatoms. The Morgan fingerprint density at radius 1 is 1.38 bits per heavy atom. The quantitative estimate of drug-likeness (QED) is 0.588. The van der Waals surface area contributed by atoms with Crippen molar-refractivity contribution in [1.29, 1.82) is 0 Å². The fraction of sp³-hybridized carbons (Fsp3) is 1.00. The lowest BCUT2D eigenvalue weighted by atomic mass is 9.88. The Balaban J connectivity index is 0.000000396. The van der Waals surface area contributed by atoms with Gasteiger partial charge in [-0.15, -0.1) is 8.58 Å². The molecule has 0 aliphatic carbocycles. The van der Waals surface area contributed by atoms with E-state index in [0.29, 0.717) is 5.28 Å². The highest BCUT2D eigenvalue weighted by Gasteiger charge is 2.51. The smallest absolute Gasteiger partial charge is 0.0371 e. The number of rotatable bonds is 1. The molecule has 0 saturated carbocycles. The number of hydrogen-bond donors (Lipinski definition) is 0. The summed E-state index contributed by atoms with van der Waals surface area (Å²) in [5.74, 6) is 0. The zero-order valence-electron chi connectivity index (χ0n) is 9.72. The van der Waals surface area contributed by atoms with Gasteiger partial charge in [0.05, 0.1) is 0 Å². The van der Waals surface area contributed by atoms with Gasteiger partial charge in [0.25, 0.3) is 0 Å². The van der Waals surface area contributed by atoms with E-state index in [9.17, 15) is 0 Å². The van der Waals surface area contributed by atoms with E-state index >= 15 is 0 Å². The Kier molecular flexibility index (Phi) is 3.77. The van der Waals surface area contributed by atoms with Crippen molar-refractivity contribution in [2.45, 2.75) is 64.8 Å². The van der Waals surface area contributed by atoms with E-state index in [1.165, 1.54) is 27.6 Å². The first-order chi connectivity index (χ1) is 6.13. The molecule has 3 aliphatic rings. The Labute approximate surface area is 85.1 Å². The third kappa shape index (κ3) is 1.92. The molecule has 0 aromatic rings. The van der Waals surface area contributed by atoms with Crippen molar-refractivity contribution in [3.05, 3.63) is 0 Å². The third-order valence-corrected chi connectivity index (χ3v) is 4.90. The molecular formula is C11H24NP. The van der Waals surface area contributed by atoms with Crippen LogP contribution in [0, 0.1) is 0 Å². The van der Waals surface area contributed by atoms with E-state index in [1.807, 2.05) is 13.8 Å². The molecule has 78 valence electrons. The Morgan fingerprint density at radius 3 is 2.31 bits per heavy atom. The Hall–Kier alpha value is 0.390. The van der Waals surface area contributed by atoms with Crippen molar-refractivity contribution >= 4 is 8.58 Å². The molecule has 1 nitrogen and oxygen atoms in total. The topological polar surface area (TPSA) is 3.24 Å². The fourth-order valence-corrected chi connectivity index (χ4v) is 4.88. The molecule has 3 aliphatic heterocycles. The summed E-state index contributed by atoms with van der Waals surface area (Å²) in [5, 5.41) is 0.622. The molecule has 13 heavy (non-hydrogen) atoms. The van der Waals surface area contributed by atoms with Crippen LogP contribution < -0.4 is 0 Å². The minimum absolute atomic E-state index is 0.622. The SMILES string of the molecule is CC.CC(C)N1C2CCPC1(C)C2. The highest BCUT2D eigenvalue weighted by Crippen LogP contribution is 2.55. The molecule has 0 spiro atoms. The van der Waals surface area contributed by atoms with Crippen LogP contribution in [0.1, 0.15) is 47.5 Å². The van der Waals surface area contributed by atoms with E-state index in [4.69, 9.17) is 0 Å². The molecule has 2 bridgehead atoms. The summed E-state index contributed by atoms with van der Waals surface area (Å²) in [4.78, 5) is 2.73. The zero-order valence-corrected chi connectivity index (χ0v) is 10.7. The summed E-state index contributed by atoms with van der Waals surface area (Å²) < 4.78 is 0. The second-order valence-corrected chi connectivity index (χ2v) is 6.28. The maximum Gasteiger partial charge on any atom is 0.0371 e. The van der Waals surface area contributed by atoms with E-state index in [1.54, 1.807) is 0 Å². The maximum absolute atomic E-state index is 2.73. The largest absolute Gasteiger partial charge is 0.289 e. The van der Waals surface area contributed by atoms with Gasteiger partial charge in [-0.3, -0.25) is 4.90 Å². The summed E-state index contributed by atoms with van der Waals surface area (Å²) in [6, 6.07) is 1.72. The maximum atomic E-state index is 2.73. The van der Waals surface area contributed by atoms with Crippen LogP contribution in [0.3, 0.4) is 0 Å². The van der Waals surface area contributed by atoms with Gasteiger partial charge in [0.2, 0.25) is 0 Å². The van der Waals surface area contributed by atoms with Crippen molar-refractivity contribution in [2.75, 3.05) is 6.16 Å². The first kappa shape index (κ1) is 11.5. The lowest BCUT2D eigenvalue weighted by Gasteiger charge is -2.62. The van der Waals surface area contributed by atoms with Gasteiger partial charge in [0, 0.05) is 17.4 Å². The average molecular weight is 201 g/mol.